The summed E-state index contributed by atoms with van der Waals surface area (Å²) in [6, 6.07) is 8.70. The molecule has 4 N–H and O–H groups in total. The van der Waals surface area contributed by atoms with Gasteiger partial charge in [0.2, 0.25) is 5.91 Å². The molecule has 0 heterocycles. The summed E-state index contributed by atoms with van der Waals surface area (Å²) in [4.78, 5) is 22.5. The van der Waals surface area contributed by atoms with Crippen LogP contribution in [0.4, 0.5) is 10.5 Å². The standard InChI is InChI=1S/C12H17N3O2/c1-12(2,10(13)16)8-14-11(17)15-9-6-4-3-5-7-9/h3-7H,8H2,1-2H3,(H2,13,16)(H2,14,15,17). The third-order valence-electron chi connectivity index (χ3n) is 2.39. The lowest BCUT2D eigenvalue weighted by Crippen LogP contribution is -2.43. The number of carbonyl (C=O) groups excluding carboxylic acids is 2. The highest BCUT2D eigenvalue weighted by molar-refractivity contribution is 5.89. The molecule has 0 atom stereocenters. The van der Waals surface area contributed by atoms with Gasteiger partial charge in [-0.1, -0.05) is 18.2 Å². The highest BCUT2D eigenvalue weighted by atomic mass is 16.2. The van der Waals surface area contributed by atoms with Crippen LogP contribution < -0.4 is 16.4 Å². The summed E-state index contributed by atoms with van der Waals surface area (Å²) in [5.74, 6) is -0.447. The molecule has 5 heteroatoms. The van der Waals surface area contributed by atoms with Gasteiger partial charge in [0.25, 0.3) is 0 Å². The SMILES string of the molecule is CC(C)(CNC(=O)Nc1ccccc1)C(N)=O. The Morgan fingerprint density at radius 1 is 1.24 bits per heavy atom. The minimum absolute atomic E-state index is 0.195. The molecule has 0 saturated carbocycles. The van der Waals surface area contributed by atoms with Crippen LogP contribution in [0.25, 0.3) is 0 Å². The van der Waals surface area contributed by atoms with Gasteiger partial charge in [0.1, 0.15) is 0 Å². The molecular formula is C12H17N3O2. The largest absolute Gasteiger partial charge is 0.369 e. The molecule has 1 aromatic carbocycles. The van der Waals surface area contributed by atoms with Crippen molar-refractivity contribution < 1.29 is 9.59 Å². The van der Waals surface area contributed by atoms with E-state index in [0.29, 0.717) is 5.69 Å². The molecule has 0 aliphatic carbocycles. The fraction of sp³-hybridized carbons (Fsp3) is 0.333. The van der Waals surface area contributed by atoms with Crippen LogP contribution in [0.15, 0.2) is 30.3 Å². The molecule has 0 spiro atoms. The average molecular weight is 235 g/mol. The first-order valence-electron chi connectivity index (χ1n) is 5.31. The number of urea groups is 1. The Hall–Kier alpha value is -2.04. The first-order valence-corrected chi connectivity index (χ1v) is 5.31. The van der Waals surface area contributed by atoms with Gasteiger partial charge in [-0.2, -0.15) is 0 Å². The van der Waals surface area contributed by atoms with E-state index in [1.807, 2.05) is 18.2 Å². The minimum Gasteiger partial charge on any atom is -0.369 e. The van der Waals surface area contributed by atoms with Gasteiger partial charge in [-0.05, 0) is 26.0 Å². The van der Waals surface area contributed by atoms with Gasteiger partial charge >= 0.3 is 6.03 Å². The number of primary amides is 1. The fourth-order valence-corrected chi connectivity index (χ4v) is 1.09. The van der Waals surface area contributed by atoms with Crippen molar-refractivity contribution in [1.29, 1.82) is 0 Å². The zero-order chi connectivity index (χ0) is 12.9. The van der Waals surface area contributed by atoms with Crippen molar-refractivity contribution in [3.63, 3.8) is 0 Å². The van der Waals surface area contributed by atoms with E-state index in [1.165, 1.54) is 0 Å². The predicted molar refractivity (Wildman–Crippen MR) is 66.4 cm³/mol. The monoisotopic (exact) mass is 235 g/mol. The molecule has 0 radical (unpaired) electrons. The van der Waals surface area contributed by atoms with Gasteiger partial charge in [0.05, 0.1) is 5.41 Å². The number of carbonyl (C=O) groups is 2. The minimum atomic E-state index is -0.756. The molecule has 3 amide bonds. The summed E-state index contributed by atoms with van der Waals surface area (Å²) in [6.07, 6.45) is 0. The number of benzene rings is 1. The maximum atomic E-state index is 11.5. The molecule has 0 aromatic heterocycles. The van der Waals surface area contributed by atoms with E-state index < -0.39 is 11.3 Å². The quantitative estimate of drug-likeness (QED) is 0.735. The van der Waals surface area contributed by atoms with E-state index in [1.54, 1.807) is 26.0 Å². The lowest BCUT2D eigenvalue weighted by atomic mass is 9.93. The normalized spacial score (nSPS) is 10.7. The Morgan fingerprint density at radius 3 is 2.35 bits per heavy atom. The van der Waals surface area contributed by atoms with Gasteiger partial charge in [0.15, 0.2) is 0 Å². The molecule has 1 rings (SSSR count). The molecule has 0 saturated heterocycles. The molecule has 0 unspecified atom stereocenters. The second kappa shape index (κ2) is 5.34. The van der Waals surface area contributed by atoms with E-state index in [-0.39, 0.29) is 12.6 Å². The Balaban J connectivity index is 2.44. The number of hydrogen-bond acceptors (Lipinski definition) is 2. The van der Waals surface area contributed by atoms with Crippen LogP contribution >= 0.6 is 0 Å². The summed E-state index contributed by atoms with van der Waals surface area (Å²) in [7, 11) is 0. The Bertz CT molecular complexity index is 401. The number of anilines is 1. The van der Waals surface area contributed by atoms with Crippen molar-refractivity contribution >= 4 is 17.6 Å². The van der Waals surface area contributed by atoms with Gasteiger partial charge in [-0.15, -0.1) is 0 Å². The zero-order valence-electron chi connectivity index (χ0n) is 9.99. The molecule has 0 fully saturated rings. The smallest absolute Gasteiger partial charge is 0.319 e. The van der Waals surface area contributed by atoms with Gasteiger partial charge in [0, 0.05) is 12.2 Å². The molecule has 0 bridgehead atoms. The lowest BCUT2D eigenvalue weighted by molar-refractivity contribution is -0.125. The molecular weight excluding hydrogens is 218 g/mol. The molecule has 17 heavy (non-hydrogen) atoms. The summed E-state index contributed by atoms with van der Waals surface area (Å²) in [6.45, 7) is 3.55. The van der Waals surface area contributed by atoms with Crippen molar-refractivity contribution in [2.75, 3.05) is 11.9 Å². The van der Waals surface area contributed by atoms with Crippen LogP contribution in [0, 0.1) is 5.41 Å². The van der Waals surface area contributed by atoms with E-state index in [4.69, 9.17) is 5.73 Å². The number of nitrogens with two attached hydrogens (primary N) is 1. The molecule has 1 aromatic rings. The molecule has 0 aliphatic heterocycles. The van der Waals surface area contributed by atoms with Crippen LogP contribution in [0.5, 0.6) is 0 Å². The Morgan fingerprint density at radius 2 is 1.82 bits per heavy atom. The maximum Gasteiger partial charge on any atom is 0.319 e. The number of rotatable bonds is 4. The van der Waals surface area contributed by atoms with Gasteiger partial charge in [-0.25, -0.2) is 4.79 Å². The van der Waals surface area contributed by atoms with Crippen LogP contribution in [0.3, 0.4) is 0 Å². The highest BCUT2D eigenvalue weighted by Crippen LogP contribution is 2.12. The summed E-state index contributed by atoms with van der Waals surface area (Å²) in [5.41, 5.74) is 5.14. The first-order chi connectivity index (χ1) is 7.92. The van der Waals surface area contributed by atoms with Crippen molar-refractivity contribution in [3.8, 4) is 0 Å². The average Bonchev–Trinajstić information content (AvgIpc) is 2.28. The third kappa shape index (κ3) is 4.14. The third-order valence-corrected chi connectivity index (χ3v) is 2.39. The van der Waals surface area contributed by atoms with Crippen molar-refractivity contribution in [3.05, 3.63) is 30.3 Å². The second-order valence-corrected chi connectivity index (χ2v) is 4.42. The number of para-hydroxylation sites is 1. The van der Waals surface area contributed by atoms with Gasteiger partial charge in [-0.3, -0.25) is 4.79 Å². The van der Waals surface area contributed by atoms with Crippen LogP contribution in [0.2, 0.25) is 0 Å². The Labute approximate surface area is 100 Å². The topological polar surface area (TPSA) is 84.2 Å². The van der Waals surface area contributed by atoms with Crippen molar-refractivity contribution in [2.45, 2.75) is 13.8 Å². The van der Waals surface area contributed by atoms with Crippen LogP contribution in [-0.2, 0) is 4.79 Å². The number of hydrogen-bond donors (Lipinski definition) is 3. The first kappa shape index (κ1) is 13.0. The Kier molecular flexibility index (Phi) is 4.09. The van der Waals surface area contributed by atoms with Gasteiger partial charge < -0.3 is 16.4 Å². The van der Waals surface area contributed by atoms with Crippen molar-refractivity contribution in [1.82, 2.24) is 5.32 Å². The lowest BCUT2D eigenvalue weighted by Gasteiger charge is -2.20. The zero-order valence-corrected chi connectivity index (χ0v) is 9.99. The van der Waals surface area contributed by atoms with E-state index in [0.717, 1.165) is 0 Å². The number of amides is 3. The van der Waals surface area contributed by atoms with E-state index in [9.17, 15) is 9.59 Å². The fourth-order valence-electron chi connectivity index (χ4n) is 1.09. The summed E-state index contributed by atoms with van der Waals surface area (Å²) in [5, 5.41) is 5.25. The maximum absolute atomic E-state index is 11.5. The van der Waals surface area contributed by atoms with Crippen LogP contribution in [0.1, 0.15) is 13.8 Å². The number of nitrogens with one attached hydrogen (secondary N) is 2. The summed E-state index contributed by atoms with van der Waals surface area (Å²) < 4.78 is 0. The predicted octanol–water partition coefficient (Wildman–Crippen LogP) is 1.32. The second-order valence-electron chi connectivity index (χ2n) is 4.42. The molecule has 5 nitrogen and oxygen atoms in total. The highest BCUT2D eigenvalue weighted by Gasteiger charge is 2.25. The van der Waals surface area contributed by atoms with Crippen LogP contribution in [-0.4, -0.2) is 18.5 Å². The molecule has 92 valence electrons. The van der Waals surface area contributed by atoms with E-state index >= 15 is 0 Å². The van der Waals surface area contributed by atoms with Crippen molar-refractivity contribution in [2.24, 2.45) is 11.1 Å². The summed E-state index contributed by atoms with van der Waals surface area (Å²) >= 11 is 0. The molecule has 0 aliphatic rings. The van der Waals surface area contributed by atoms with E-state index in [2.05, 4.69) is 10.6 Å².